The van der Waals surface area contributed by atoms with E-state index in [4.69, 9.17) is 33.4 Å². The van der Waals surface area contributed by atoms with Gasteiger partial charge in [-0.15, -0.1) is 0 Å². The molecule has 20 heavy (non-hydrogen) atoms. The van der Waals surface area contributed by atoms with Crippen molar-refractivity contribution in [2.24, 2.45) is 0 Å². The number of rotatable bonds is 5. The van der Waals surface area contributed by atoms with Gasteiger partial charge in [0, 0.05) is 5.02 Å². The van der Waals surface area contributed by atoms with Crippen molar-refractivity contribution >= 4 is 46.9 Å². The Morgan fingerprint density at radius 3 is 2.40 bits per heavy atom. The van der Waals surface area contributed by atoms with Gasteiger partial charge in [-0.1, -0.05) is 23.2 Å². The maximum Gasteiger partial charge on any atom is 0.326 e. The van der Waals surface area contributed by atoms with Gasteiger partial charge < -0.3 is 20.8 Å². The van der Waals surface area contributed by atoms with E-state index in [1.165, 1.54) is 18.2 Å². The highest BCUT2D eigenvalue weighted by Crippen LogP contribution is 2.25. The van der Waals surface area contributed by atoms with E-state index in [2.05, 4.69) is 5.32 Å². The van der Waals surface area contributed by atoms with Crippen molar-refractivity contribution in [2.45, 2.75) is 12.5 Å². The number of hydrogen-bond acceptors (Lipinski definition) is 3. The minimum atomic E-state index is -1.55. The SMILES string of the molecule is O=C(O)C[C@@H](NC(=O)Nc1cc(Cl)ccc1Cl)C(=O)O. The number of carbonyl (C=O) groups is 3. The molecule has 9 heteroatoms. The Kier molecular flexibility index (Phi) is 5.60. The summed E-state index contributed by atoms with van der Waals surface area (Å²) in [6.45, 7) is 0. The van der Waals surface area contributed by atoms with Gasteiger partial charge in [0.15, 0.2) is 0 Å². The molecule has 0 aliphatic rings. The monoisotopic (exact) mass is 320 g/mol. The molecule has 0 aliphatic carbocycles. The summed E-state index contributed by atoms with van der Waals surface area (Å²) in [5.41, 5.74) is 0.177. The molecule has 0 spiro atoms. The van der Waals surface area contributed by atoms with Crippen molar-refractivity contribution in [2.75, 3.05) is 5.32 Å². The highest BCUT2D eigenvalue weighted by molar-refractivity contribution is 6.35. The van der Waals surface area contributed by atoms with Crippen LogP contribution in [0, 0.1) is 0 Å². The van der Waals surface area contributed by atoms with Crippen LogP contribution in [0.5, 0.6) is 0 Å². The van der Waals surface area contributed by atoms with E-state index in [1.807, 2.05) is 5.32 Å². The van der Waals surface area contributed by atoms with Crippen LogP contribution in [-0.4, -0.2) is 34.2 Å². The van der Waals surface area contributed by atoms with Gasteiger partial charge in [0.2, 0.25) is 0 Å². The van der Waals surface area contributed by atoms with Crippen LogP contribution in [0.2, 0.25) is 10.0 Å². The molecule has 1 atom stereocenters. The maximum atomic E-state index is 11.6. The fraction of sp³-hybridized carbons (Fsp3) is 0.182. The summed E-state index contributed by atoms with van der Waals surface area (Å²) < 4.78 is 0. The second-order valence-corrected chi connectivity index (χ2v) is 4.55. The maximum absolute atomic E-state index is 11.6. The number of carboxylic acid groups (broad SMARTS) is 2. The van der Waals surface area contributed by atoms with Gasteiger partial charge in [0.25, 0.3) is 0 Å². The van der Waals surface area contributed by atoms with Gasteiger partial charge in [-0.3, -0.25) is 4.79 Å². The average Bonchev–Trinajstić information content (AvgIpc) is 2.32. The summed E-state index contributed by atoms with van der Waals surface area (Å²) in [6.07, 6.45) is -0.744. The molecule has 0 radical (unpaired) electrons. The lowest BCUT2D eigenvalue weighted by Crippen LogP contribution is -2.44. The molecule has 4 N–H and O–H groups in total. The van der Waals surface area contributed by atoms with Crippen LogP contribution in [0.3, 0.4) is 0 Å². The molecule has 2 amide bonds. The molecule has 0 bridgehead atoms. The van der Waals surface area contributed by atoms with E-state index in [0.717, 1.165) is 0 Å². The molecule has 0 aromatic heterocycles. The smallest absolute Gasteiger partial charge is 0.326 e. The summed E-state index contributed by atoms with van der Waals surface area (Å²) in [5.74, 6) is -2.81. The number of anilines is 1. The zero-order valence-electron chi connectivity index (χ0n) is 9.89. The molecular weight excluding hydrogens is 311 g/mol. The predicted molar refractivity (Wildman–Crippen MR) is 72.3 cm³/mol. The van der Waals surface area contributed by atoms with Crippen LogP contribution < -0.4 is 10.6 Å². The average molecular weight is 321 g/mol. The first-order valence-electron chi connectivity index (χ1n) is 5.26. The van der Waals surface area contributed by atoms with E-state index in [-0.39, 0.29) is 10.7 Å². The summed E-state index contributed by atoms with van der Waals surface area (Å²) in [5, 5.41) is 22.2. The Morgan fingerprint density at radius 1 is 1.20 bits per heavy atom. The third kappa shape index (κ3) is 4.94. The van der Waals surface area contributed by atoms with Crippen molar-refractivity contribution in [3.8, 4) is 0 Å². The van der Waals surface area contributed by atoms with E-state index < -0.39 is 30.4 Å². The number of benzene rings is 1. The zero-order valence-corrected chi connectivity index (χ0v) is 11.4. The number of carboxylic acids is 2. The molecule has 108 valence electrons. The largest absolute Gasteiger partial charge is 0.481 e. The second kappa shape index (κ2) is 6.97. The highest BCUT2D eigenvalue weighted by Gasteiger charge is 2.23. The van der Waals surface area contributed by atoms with Crippen molar-refractivity contribution in [1.29, 1.82) is 0 Å². The first-order valence-corrected chi connectivity index (χ1v) is 6.02. The normalized spacial score (nSPS) is 11.5. The van der Waals surface area contributed by atoms with E-state index >= 15 is 0 Å². The number of halogens is 2. The Morgan fingerprint density at radius 2 is 1.85 bits per heavy atom. The lowest BCUT2D eigenvalue weighted by atomic mass is 10.2. The third-order valence-electron chi connectivity index (χ3n) is 2.16. The number of carbonyl (C=O) groups excluding carboxylic acids is 1. The van der Waals surface area contributed by atoms with Crippen LogP contribution in [0.1, 0.15) is 6.42 Å². The molecule has 0 saturated heterocycles. The third-order valence-corrected chi connectivity index (χ3v) is 2.72. The molecular formula is C11H10Cl2N2O5. The first-order chi connectivity index (χ1) is 9.29. The summed E-state index contributed by atoms with van der Waals surface area (Å²) >= 11 is 11.5. The molecule has 1 aromatic rings. The predicted octanol–water partition coefficient (Wildman–Crippen LogP) is 2.04. The zero-order chi connectivity index (χ0) is 15.3. The molecule has 7 nitrogen and oxygen atoms in total. The van der Waals surface area contributed by atoms with Crippen molar-refractivity contribution in [1.82, 2.24) is 5.32 Å². The Bertz CT molecular complexity index is 550. The van der Waals surface area contributed by atoms with Gasteiger partial charge in [-0.2, -0.15) is 0 Å². The quantitative estimate of drug-likeness (QED) is 0.662. The van der Waals surface area contributed by atoms with Crippen LogP contribution in [0.25, 0.3) is 0 Å². The van der Waals surface area contributed by atoms with Crippen molar-refractivity contribution < 1.29 is 24.6 Å². The summed E-state index contributed by atoms with van der Waals surface area (Å²) in [7, 11) is 0. The number of hydrogen-bond donors (Lipinski definition) is 4. The standard InChI is InChI=1S/C11H10Cl2N2O5/c12-5-1-2-6(13)7(3-5)14-11(20)15-8(10(18)19)4-9(16)17/h1-3,8H,4H2,(H,16,17)(H,18,19)(H2,14,15,20)/t8-/m1/s1. The topological polar surface area (TPSA) is 116 Å². The Balaban J connectivity index is 2.72. The fourth-order valence-electron chi connectivity index (χ4n) is 1.28. The molecule has 1 rings (SSSR count). The molecule has 0 aliphatic heterocycles. The fourth-order valence-corrected chi connectivity index (χ4v) is 1.62. The summed E-state index contributed by atoms with van der Waals surface area (Å²) in [6, 6.07) is 1.88. The van der Waals surface area contributed by atoms with Crippen molar-refractivity contribution in [3.05, 3.63) is 28.2 Å². The minimum absolute atomic E-state index is 0.177. The highest BCUT2D eigenvalue weighted by atomic mass is 35.5. The lowest BCUT2D eigenvalue weighted by molar-refractivity contribution is -0.145. The molecule has 0 fully saturated rings. The molecule has 0 heterocycles. The minimum Gasteiger partial charge on any atom is -0.481 e. The molecule has 0 saturated carbocycles. The summed E-state index contributed by atoms with van der Waals surface area (Å²) in [4.78, 5) is 32.9. The van der Waals surface area contributed by atoms with Gasteiger partial charge in [-0.25, -0.2) is 9.59 Å². The molecule has 0 unspecified atom stereocenters. The van der Waals surface area contributed by atoms with Gasteiger partial charge in [-0.05, 0) is 18.2 Å². The number of amides is 2. The molecule has 1 aromatic carbocycles. The van der Waals surface area contributed by atoms with E-state index in [9.17, 15) is 14.4 Å². The van der Waals surface area contributed by atoms with E-state index in [0.29, 0.717) is 5.02 Å². The van der Waals surface area contributed by atoms with Gasteiger partial charge >= 0.3 is 18.0 Å². The van der Waals surface area contributed by atoms with Crippen LogP contribution in [0.4, 0.5) is 10.5 Å². The lowest BCUT2D eigenvalue weighted by Gasteiger charge is -2.14. The number of aliphatic carboxylic acids is 2. The van der Waals surface area contributed by atoms with Gasteiger partial charge in [0.1, 0.15) is 6.04 Å². The van der Waals surface area contributed by atoms with Crippen molar-refractivity contribution in [3.63, 3.8) is 0 Å². The number of urea groups is 1. The van der Waals surface area contributed by atoms with E-state index in [1.54, 1.807) is 0 Å². The Labute approximate surface area is 123 Å². The number of nitrogens with one attached hydrogen (secondary N) is 2. The van der Waals surface area contributed by atoms with Crippen LogP contribution in [0.15, 0.2) is 18.2 Å². The van der Waals surface area contributed by atoms with Gasteiger partial charge in [0.05, 0.1) is 17.1 Å². The van der Waals surface area contributed by atoms with Crippen LogP contribution >= 0.6 is 23.2 Å². The Hall–Kier alpha value is -1.99. The van der Waals surface area contributed by atoms with Crippen LogP contribution in [-0.2, 0) is 9.59 Å². The first kappa shape index (κ1) is 16.1. The second-order valence-electron chi connectivity index (χ2n) is 3.71.